The van der Waals surface area contributed by atoms with E-state index in [0.717, 1.165) is 17.7 Å². The predicted octanol–water partition coefficient (Wildman–Crippen LogP) is 2.06. The molecule has 2 aromatic rings. The van der Waals surface area contributed by atoms with Gasteiger partial charge in [0.2, 0.25) is 0 Å². The molecule has 0 bridgehead atoms. The van der Waals surface area contributed by atoms with E-state index in [9.17, 15) is 8.42 Å². The number of rotatable bonds is 6. The van der Waals surface area contributed by atoms with Gasteiger partial charge in [0.25, 0.3) is 0 Å². The Kier molecular flexibility index (Phi) is 4.37. The van der Waals surface area contributed by atoms with Crippen LogP contribution in [0.2, 0.25) is 0 Å². The van der Waals surface area contributed by atoms with E-state index in [1.807, 2.05) is 43.5 Å². The SMILES string of the molecule is CCn1cc(CCS(=O)(=O)Cc2ccccc2)cn1. The van der Waals surface area contributed by atoms with Crippen molar-refractivity contribution in [1.82, 2.24) is 9.78 Å². The van der Waals surface area contributed by atoms with Crippen LogP contribution in [-0.4, -0.2) is 24.0 Å². The van der Waals surface area contributed by atoms with Gasteiger partial charge in [-0.1, -0.05) is 30.3 Å². The van der Waals surface area contributed by atoms with E-state index in [4.69, 9.17) is 0 Å². The van der Waals surface area contributed by atoms with E-state index in [1.54, 1.807) is 10.9 Å². The monoisotopic (exact) mass is 278 g/mol. The maximum absolute atomic E-state index is 12.0. The van der Waals surface area contributed by atoms with E-state index in [1.165, 1.54) is 0 Å². The number of aryl methyl sites for hydroxylation is 2. The summed E-state index contributed by atoms with van der Waals surface area (Å²) in [6.45, 7) is 2.81. The van der Waals surface area contributed by atoms with Crippen molar-refractivity contribution in [1.29, 1.82) is 0 Å². The minimum Gasteiger partial charge on any atom is -0.273 e. The average molecular weight is 278 g/mol. The molecule has 0 spiro atoms. The van der Waals surface area contributed by atoms with Crippen molar-refractivity contribution in [3.63, 3.8) is 0 Å². The van der Waals surface area contributed by atoms with Crippen molar-refractivity contribution in [2.24, 2.45) is 0 Å². The number of hydrogen-bond acceptors (Lipinski definition) is 3. The molecule has 19 heavy (non-hydrogen) atoms. The maximum Gasteiger partial charge on any atom is 0.154 e. The second-order valence-electron chi connectivity index (χ2n) is 4.53. The zero-order valence-corrected chi connectivity index (χ0v) is 11.8. The molecule has 0 unspecified atom stereocenters. The molecule has 102 valence electrons. The Labute approximate surface area is 114 Å². The smallest absolute Gasteiger partial charge is 0.154 e. The van der Waals surface area contributed by atoms with Crippen LogP contribution in [0.5, 0.6) is 0 Å². The van der Waals surface area contributed by atoms with Crippen LogP contribution in [0.4, 0.5) is 0 Å². The van der Waals surface area contributed by atoms with Crippen LogP contribution in [0.3, 0.4) is 0 Å². The van der Waals surface area contributed by atoms with Crippen LogP contribution in [0.25, 0.3) is 0 Å². The number of sulfone groups is 1. The molecule has 0 aliphatic heterocycles. The first kappa shape index (κ1) is 13.8. The fourth-order valence-corrected chi connectivity index (χ4v) is 3.27. The number of benzene rings is 1. The van der Waals surface area contributed by atoms with Gasteiger partial charge in [-0.25, -0.2) is 8.42 Å². The second-order valence-corrected chi connectivity index (χ2v) is 6.72. The van der Waals surface area contributed by atoms with Gasteiger partial charge >= 0.3 is 0 Å². The molecule has 0 saturated heterocycles. The third kappa shape index (κ3) is 4.21. The Hall–Kier alpha value is -1.62. The quantitative estimate of drug-likeness (QED) is 0.812. The summed E-state index contributed by atoms with van der Waals surface area (Å²) in [5.74, 6) is 0.271. The van der Waals surface area contributed by atoms with Gasteiger partial charge in [0, 0.05) is 12.7 Å². The molecule has 1 aromatic carbocycles. The summed E-state index contributed by atoms with van der Waals surface area (Å²) >= 11 is 0. The number of nitrogens with zero attached hydrogens (tertiary/aromatic N) is 2. The predicted molar refractivity (Wildman–Crippen MR) is 75.5 cm³/mol. The van der Waals surface area contributed by atoms with Crippen molar-refractivity contribution in [2.75, 3.05) is 5.75 Å². The molecular weight excluding hydrogens is 260 g/mol. The Balaban J connectivity index is 1.94. The summed E-state index contributed by atoms with van der Waals surface area (Å²) in [5.41, 5.74) is 1.81. The zero-order valence-electron chi connectivity index (χ0n) is 11.0. The summed E-state index contributed by atoms with van der Waals surface area (Å²) in [4.78, 5) is 0. The third-order valence-corrected chi connectivity index (χ3v) is 4.54. The molecule has 0 atom stereocenters. The molecule has 0 amide bonds. The third-order valence-electron chi connectivity index (χ3n) is 2.94. The highest BCUT2D eigenvalue weighted by atomic mass is 32.2. The molecule has 0 aliphatic rings. The van der Waals surface area contributed by atoms with Gasteiger partial charge in [-0.3, -0.25) is 4.68 Å². The summed E-state index contributed by atoms with van der Waals surface area (Å²) < 4.78 is 25.8. The van der Waals surface area contributed by atoms with Crippen LogP contribution >= 0.6 is 0 Å². The molecular formula is C14H18N2O2S. The number of aromatic nitrogens is 2. The zero-order chi connectivity index (χ0) is 13.7. The van der Waals surface area contributed by atoms with Gasteiger partial charge in [-0.05, 0) is 24.5 Å². The molecule has 0 saturated carbocycles. The lowest BCUT2D eigenvalue weighted by atomic mass is 10.2. The van der Waals surface area contributed by atoms with E-state index in [2.05, 4.69) is 5.10 Å². The van der Waals surface area contributed by atoms with Crippen molar-refractivity contribution in [2.45, 2.75) is 25.6 Å². The first-order valence-electron chi connectivity index (χ1n) is 6.35. The van der Waals surface area contributed by atoms with E-state index >= 15 is 0 Å². The largest absolute Gasteiger partial charge is 0.273 e. The normalized spacial score (nSPS) is 11.6. The second kappa shape index (κ2) is 6.02. The minimum absolute atomic E-state index is 0.107. The van der Waals surface area contributed by atoms with Gasteiger partial charge in [0.05, 0.1) is 17.7 Å². The van der Waals surface area contributed by atoms with Crippen LogP contribution in [0.15, 0.2) is 42.7 Å². The summed E-state index contributed by atoms with van der Waals surface area (Å²) in [7, 11) is -3.07. The standard InChI is InChI=1S/C14H18N2O2S/c1-2-16-11-14(10-15-16)8-9-19(17,18)12-13-6-4-3-5-7-13/h3-7,10-11H,2,8-9,12H2,1H3. The molecule has 0 radical (unpaired) electrons. The Morgan fingerprint density at radius 1 is 1.16 bits per heavy atom. The van der Waals surface area contributed by atoms with Crippen LogP contribution < -0.4 is 0 Å². The molecule has 0 fully saturated rings. The molecule has 4 nitrogen and oxygen atoms in total. The minimum atomic E-state index is -3.07. The molecule has 0 aliphatic carbocycles. The molecule has 0 N–H and O–H groups in total. The van der Waals surface area contributed by atoms with Gasteiger partial charge in [0.15, 0.2) is 9.84 Å². The Morgan fingerprint density at radius 2 is 1.89 bits per heavy atom. The molecule has 1 aromatic heterocycles. The lowest BCUT2D eigenvalue weighted by Crippen LogP contribution is -2.11. The Morgan fingerprint density at radius 3 is 2.53 bits per heavy atom. The van der Waals surface area contributed by atoms with Crippen molar-refractivity contribution in [3.05, 3.63) is 53.9 Å². The van der Waals surface area contributed by atoms with Crippen LogP contribution in [0, 0.1) is 0 Å². The van der Waals surface area contributed by atoms with Crippen LogP contribution in [0.1, 0.15) is 18.1 Å². The van der Waals surface area contributed by atoms with Crippen LogP contribution in [-0.2, 0) is 28.6 Å². The summed E-state index contributed by atoms with van der Waals surface area (Å²) in [5, 5.41) is 4.14. The van der Waals surface area contributed by atoms with Gasteiger partial charge in [0.1, 0.15) is 0 Å². The highest BCUT2D eigenvalue weighted by molar-refractivity contribution is 7.90. The number of hydrogen-bond donors (Lipinski definition) is 0. The van der Waals surface area contributed by atoms with Crippen molar-refractivity contribution >= 4 is 9.84 Å². The lowest BCUT2D eigenvalue weighted by molar-refractivity contribution is 0.594. The molecule has 2 rings (SSSR count). The maximum atomic E-state index is 12.0. The van der Waals surface area contributed by atoms with Gasteiger partial charge in [-0.2, -0.15) is 5.10 Å². The van der Waals surface area contributed by atoms with E-state index < -0.39 is 9.84 Å². The van der Waals surface area contributed by atoms with Gasteiger partial charge < -0.3 is 0 Å². The first-order valence-corrected chi connectivity index (χ1v) is 8.17. The van der Waals surface area contributed by atoms with Crippen molar-refractivity contribution < 1.29 is 8.42 Å². The fraction of sp³-hybridized carbons (Fsp3) is 0.357. The highest BCUT2D eigenvalue weighted by Gasteiger charge is 2.12. The van der Waals surface area contributed by atoms with E-state index in [-0.39, 0.29) is 11.5 Å². The molecule has 5 heteroatoms. The average Bonchev–Trinajstić information content (AvgIpc) is 2.85. The van der Waals surface area contributed by atoms with Crippen molar-refractivity contribution in [3.8, 4) is 0 Å². The Bertz CT molecular complexity index is 618. The topological polar surface area (TPSA) is 52.0 Å². The molecule has 1 heterocycles. The summed E-state index contributed by atoms with van der Waals surface area (Å²) in [6, 6.07) is 9.28. The lowest BCUT2D eigenvalue weighted by Gasteiger charge is -2.03. The summed E-state index contributed by atoms with van der Waals surface area (Å²) in [6.07, 6.45) is 4.16. The van der Waals surface area contributed by atoms with Gasteiger partial charge in [-0.15, -0.1) is 0 Å². The van der Waals surface area contributed by atoms with E-state index in [0.29, 0.717) is 6.42 Å². The fourth-order valence-electron chi connectivity index (χ4n) is 1.88. The first-order chi connectivity index (χ1) is 9.09. The highest BCUT2D eigenvalue weighted by Crippen LogP contribution is 2.08.